The van der Waals surface area contributed by atoms with Gasteiger partial charge in [-0.05, 0) is 12.8 Å². The van der Waals surface area contributed by atoms with Crippen molar-refractivity contribution in [2.75, 3.05) is 13.1 Å². The zero-order valence-electron chi connectivity index (χ0n) is 18.7. The number of amides is 2. The molecule has 5 nitrogen and oxygen atoms in total. The van der Waals surface area contributed by atoms with Crippen LogP contribution in [0.2, 0.25) is 18.5 Å². The highest BCUT2D eigenvalue weighted by Gasteiger charge is 2.34. The summed E-state index contributed by atoms with van der Waals surface area (Å²) in [6.07, 6.45) is 18.6. The fraction of sp³-hybridized carbons (Fsp3) is 0.875. The van der Waals surface area contributed by atoms with Crippen LogP contribution in [-0.4, -0.2) is 48.4 Å². The van der Waals surface area contributed by atoms with Gasteiger partial charge in [-0.2, -0.15) is 0 Å². The number of hydrogen-bond donors (Lipinski definition) is 1. The van der Waals surface area contributed by atoms with E-state index in [0.717, 1.165) is 50.7 Å². The Morgan fingerprint density at radius 1 is 0.933 bits per heavy atom. The molecular formula is C24H40BN3O2. The highest BCUT2D eigenvalue weighted by atomic mass is 16.2. The fourth-order valence-corrected chi connectivity index (χ4v) is 6.31. The van der Waals surface area contributed by atoms with Crippen molar-refractivity contribution in [3.63, 3.8) is 0 Å². The second kappa shape index (κ2) is 10.8. The summed E-state index contributed by atoms with van der Waals surface area (Å²) in [7, 11) is 0. The van der Waals surface area contributed by atoms with Gasteiger partial charge in [0.2, 0.25) is 11.8 Å². The van der Waals surface area contributed by atoms with Crippen LogP contribution in [0.5, 0.6) is 0 Å². The van der Waals surface area contributed by atoms with Crippen LogP contribution in [0.15, 0.2) is 4.99 Å². The second-order valence-electron chi connectivity index (χ2n) is 10.2. The molecule has 2 heterocycles. The van der Waals surface area contributed by atoms with Gasteiger partial charge < -0.3 is 10.2 Å². The molecule has 2 aliphatic heterocycles. The molecule has 2 aliphatic carbocycles. The third-order valence-corrected chi connectivity index (χ3v) is 8.19. The Bertz CT molecular complexity index is 622. The average molecular weight is 413 g/mol. The number of nitrogens with zero attached hydrogens (tertiary/aromatic N) is 2. The number of carbonyl (C=O) groups is 2. The van der Waals surface area contributed by atoms with Gasteiger partial charge in [0.15, 0.2) is 0 Å². The molecule has 2 saturated carbocycles. The highest BCUT2D eigenvalue weighted by molar-refractivity contribution is 6.60. The molecule has 0 radical (unpaired) electrons. The molecule has 0 spiro atoms. The van der Waals surface area contributed by atoms with Gasteiger partial charge in [0, 0.05) is 25.9 Å². The van der Waals surface area contributed by atoms with Crippen LogP contribution in [0.3, 0.4) is 0 Å². The third kappa shape index (κ3) is 5.67. The van der Waals surface area contributed by atoms with Crippen molar-refractivity contribution in [3.8, 4) is 0 Å². The summed E-state index contributed by atoms with van der Waals surface area (Å²) >= 11 is 0. The summed E-state index contributed by atoms with van der Waals surface area (Å²) in [5, 5.41) is 3.02. The van der Waals surface area contributed by atoms with Crippen molar-refractivity contribution in [1.29, 1.82) is 0 Å². The number of rotatable bonds is 4. The molecule has 166 valence electrons. The average Bonchev–Trinajstić information content (AvgIpc) is 3.03. The molecule has 0 bridgehead atoms. The number of nitrogens with one attached hydrogen (secondary N) is 1. The number of fused-ring (bicyclic) bond motifs is 1. The molecule has 4 rings (SSSR count). The standard InChI is InChI=1S/C24H40BN3O2/c29-23(28-17-15-25(16-18-28)19-9-5-1-2-6-10-19)14-13-22-26-21-12-8-4-3-7-11-20(21)24(30)27-22/h19-21H,1-18H2,(H,26,27,30). The van der Waals surface area contributed by atoms with E-state index >= 15 is 0 Å². The molecule has 6 heteroatoms. The number of hydrogen-bond acceptors (Lipinski definition) is 3. The second-order valence-corrected chi connectivity index (χ2v) is 10.2. The minimum atomic E-state index is 0.0489. The Hall–Kier alpha value is -1.33. The summed E-state index contributed by atoms with van der Waals surface area (Å²) in [5.41, 5.74) is 0. The highest BCUT2D eigenvalue weighted by Crippen LogP contribution is 2.35. The van der Waals surface area contributed by atoms with E-state index in [1.807, 2.05) is 0 Å². The first-order valence-electron chi connectivity index (χ1n) is 12.9. The molecule has 0 aromatic rings. The first-order chi connectivity index (χ1) is 14.7. The van der Waals surface area contributed by atoms with Gasteiger partial charge in [-0.25, -0.2) is 0 Å². The zero-order valence-corrected chi connectivity index (χ0v) is 18.7. The van der Waals surface area contributed by atoms with Gasteiger partial charge >= 0.3 is 0 Å². The number of aliphatic imine (C=N–C) groups is 1. The Balaban J connectivity index is 1.23. The smallest absolute Gasteiger partial charge is 0.230 e. The van der Waals surface area contributed by atoms with Crippen LogP contribution in [0.25, 0.3) is 0 Å². The van der Waals surface area contributed by atoms with Crippen LogP contribution >= 0.6 is 0 Å². The minimum Gasteiger partial charge on any atom is -0.344 e. The van der Waals surface area contributed by atoms with Crippen LogP contribution in [0, 0.1) is 5.92 Å². The van der Waals surface area contributed by atoms with Crippen LogP contribution in [-0.2, 0) is 9.59 Å². The molecule has 3 fully saturated rings. The zero-order chi connectivity index (χ0) is 20.8. The quantitative estimate of drug-likeness (QED) is 0.537. The normalized spacial score (nSPS) is 29.2. The number of carbonyl (C=O) groups excluding carboxylic acids is 2. The van der Waals surface area contributed by atoms with Crippen LogP contribution < -0.4 is 5.32 Å². The van der Waals surface area contributed by atoms with Crippen molar-refractivity contribution < 1.29 is 9.59 Å². The maximum Gasteiger partial charge on any atom is 0.230 e. The van der Waals surface area contributed by atoms with Crippen LogP contribution in [0.1, 0.15) is 89.9 Å². The first kappa shape index (κ1) is 21.9. The van der Waals surface area contributed by atoms with E-state index in [4.69, 9.17) is 4.99 Å². The maximum atomic E-state index is 12.8. The van der Waals surface area contributed by atoms with E-state index in [1.54, 1.807) is 0 Å². The molecule has 2 atom stereocenters. The molecule has 0 aromatic carbocycles. The van der Waals surface area contributed by atoms with Crippen molar-refractivity contribution in [3.05, 3.63) is 0 Å². The lowest BCUT2D eigenvalue weighted by molar-refractivity contribution is -0.131. The monoisotopic (exact) mass is 413 g/mol. The molecular weight excluding hydrogens is 373 g/mol. The molecule has 30 heavy (non-hydrogen) atoms. The van der Waals surface area contributed by atoms with E-state index in [-0.39, 0.29) is 23.8 Å². The summed E-state index contributed by atoms with van der Waals surface area (Å²) < 4.78 is 0. The third-order valence-electron chi connectivity index (χ3n) is 8.19. The molecule has 1 N–H and O–H groups in total. The molecule has 4 aliphatic rings. The van der Waals surface area contributed by atoms with E-state index in [0.29, 0.717) is 12.8 Å². The predicted octanol–water partition coefficient (Wildman–Crippen LogP) is 4.70. The SMILES string of the molecule is O=C1NC(CCC(=O)N2CCB(C3CCCCCC3)CC2)=NC2CCCCCCC12. The summed E-state index contributed by atoms with van der Waals surface area (Å²) in [5.74, 6) is 2.08. The summed E-state index contributed by atoms with van der Waals surface area (Å²) in [4.78, 5) is 32.3. The van der Waals surface area contributed by atoms with E-state index < -0.39 is 0 Å². The van der Waals surface area contributed by atoms with Crippen molar-refractivity contribution in [2.24, 2.45) is 10.9 Å². The van der Waals surface area contributed by atoms with Crippen molar-refractivity contribution >= 4 is 24.4 Å². The van der Waals surface area contributed by atoms with E-state index in [9.17, 15) is 9.59 Å². The van der Waals surface area contributed by atoms with E-state index in [2.05, 4.69) is 10.2 Å². The first-order valence-corrected chi connectivity index (χ1v) is 12.9. The predicted molar refractivity (Wildman–Crippen MR) is 123 cm³/mol. The summed E-state index contributed by atoms with van der Waals surface area (Å²) in [6.45, 7) is 2.66. The van der Waals surface area contributed by atoms with Gasteiger partial charge in [0.1, 0.15) is 12.5 Å². The lowest BCUT2D eigenvalue weighted by Gasteiger charge is -2.34. The Morgan fingerprint density at radius 3 is 2.27 bits per heavy atom. The van der Waals surface area contributed by atoms with Crippen LogP contribution in [0.4, 0.5) is 0 Å². The van der Waals surface area contributed by atoms with Gasteiger partial charge in [0.05, 0.1) is 12.0 Å². The van der Waals surface area contributed by atoms with Gasteiger partial charge in [-0.3, -0.25) is 14.6 Å². The number of amidine groups is 1. The molecule has 2 unspecified atom stereocenters. The molecule has 0 aromatic heterocycles. The van der Waals surface area contributed by atoms with E-state index in [1.165, 1.54) is 70.4 Å². The van der Waals surface area contributed by atoms with Crippen molar-refractivity contribution in [1.82, 2.24) is 10.2 Å². The Morgan fingerprint density at radius 2 is 1.57 bits per heavy atom. The van der Waals surface area contributed by atoms with Gasteiger partial charge in [0.25, 0.3) is 0 Å². The Kier molecular flexibility index (Phi) is 7.89. The van der Waals surface area contributed by atoms with Crippen molar-refractivity contribution in [2.45, 2.75) is 114 Å². The van der Waals surface area contributed by atoms with Gasteiger partial charge in [-0.15, -0.1) is 0 Å². The maximum absolute atomic E-state index is 12.8. The summed E-state index contributed by atoms with van der Waals surface area (Å²) in [6, 6.07) is 0.138. The lowest BCUT2D eigenvalue weighted by Crippen LogP contribution is -2.47. The molecule has 1 saturated heterocycles. The lowest BCUT2D eigenvalue weighted by atomic mass is 9.35. The fourth-order valence-electron chi connectivity index (χ4n) is 6.31. The topological polar surface area (TPSA) is 61.8 Å². The molecule has 2 amide bonds. The van der Waals surface area contributed by atoms with Gasteiger partial charge in [-0.1, -0.05) is 82.7 Å². The largest absolute Gasteiger partial charge is 0.344 e. The minimum absolute atomic E-state index is 0.0489. The Labute approximate surface area is 182 Å².